The monoisotopic (exact) mass is 320 g/mol. The Balaban J connectivity index is 1.62. The number of anilines is 3. The molecule has 0 amide bonds. The molecule has 1 aromatic carbocycles. The average Bonchev–Trinajstić information content (AvgIpc) is 3.23. The summed E-state index contributed by atoms with van der Waals surface area (Å²) in [6, 6.07) is 12.0. The molecule has 0 fully saturated rings. The maximum absolute atomic E-state index is 4.55. The van der Waals surface area contributed by atoms with Gasteiger partial charge in [-0.05, 0) is 12.5 Å². The summed E-state index contributed by atoms with van der Waals surface area (Å²) in [6.07, 6.45) is 1.69. The minimum absolute atomic E-state index is 0.519. The largest absolute Gasteiger partial charge is 0.350 e. The van der Waals surface area contributed by atoms with Gasteiger partial charge in [0, 0.05) is 18.3 Å². The summed E-state index contributed by atoms with van der Waals surface area (Å²) >= 11 is 0. The number of hydrogen-bond donors (Lipinski definition) is 4. The predicted octanol–water partition coefficient (Wildman–Crippen LogP) is 2.74. The van der Waals surface area contributed by atoms with Crippen LogP contribution in [0.15, 0.2) is 42.6 Å². The van der Waals surface area contributed by atoms with Crippen molar-refractivity contribution in [3.63, 3.8) is 0 Å². The number of aromatic nitrogens is 6. The summed E-state index contributed by atoms with van der Waals surface area (Å²) < 4.78 is 0. The lowest BCUT2D eigenvalue weighted by Crippen LogP contribution is -2.06. The van der Waals surface area contributed by atoms with Gasteiger partial charge in [-0.25, -0.2) is 0 Å². The molecule has 0 atom stereocenters. The number of nitrogens with zero attached hydrogens (tertiary/aromatic N) is 4. The number of nitrogens with one attached hydrogen (secondary N) is 4. The molecule has 8 heteroatoms. The van der Waals surface area contributed by atoms with Crippen LogP contribution in [0.1, 0.15) is 11.3 Å². The van der Waals surface area contributed by atoms with Crippen molar-refractivity contribution >= 4 is 28.6 Å². The quantitative estimate of drug-likeness (QED) is 0.450. The van der Waals surface area contributed by atoms with Crippen LogP contribution in [0.25, 0.3) is 11.0 Å². The van der Waals surface area contributed by atoms with Crippen molar-refractivity contribution < 1.29 is 0 Å². The van der Waals surface area contributed by atoms with Crippen LogP contribution in [0.5, 0.6) is 0 Å². The molecule has 120 valence electrons. The Morgan fingerprint density at radius 1 is 1.08 bits per heavy atom. The predicted molar refractivity (Wildman–Crippen MR) is 92.1 cm³/mol. The third-order valence-electron chi connectivity index (χ3n) is 3.56. The molecule has 0 spiro atoms. The SMILES string of the molecule is Cc1cc(Nc2nc(NCc3ccccc3)nc3[nH]ncc23)n[nH]1. The van der Waals surface area contributed by atoms with E-state index < -0.39 is 0 Å². The zero-order valence-corrected chi connectivity index (χ0v) is 13.0. The van der Waals surface area contributed by atoms with E-state index in [1.165, 1.54) is 0 Å². The maximum atomic E-state index is 4.55. The topological polar surface area (TPSA) is 107 Å². The highest BCUT2D eigenvalue weighted by Gasteiger charge is 2.11. The third kappa shape index (κ3) is 2.89. The van der Waals surface area contributed by atoms with E-state index in [0.717, 1.165) is 16.6 Å². The number of fused-ring (bicyclic) bond motifs is 1. The van der Waals surface area contributed by atoms with E-state index in [9.17, 15) is 0 Å². The fourth-order valence-electron chi connectivity index (χ4n) is 2.39. The highest BCUT2D eigenvalue weighted by Crippen LogP contribution is 2.23. The van der Waals surface area contributed by atoms with E-state index in [-0.39, 0.29) is 0 Å². The Kier molecular flexibility index (Phi) is 3.54. The number of hydrogen-bond acceptors (Lipinski definition) is 6. The van der Waals surface area contributed by atoms with Gasteiger partial charge in [0.15, 0.2) is 11.5 Å². The smallest absolute Gasteiger partial charge is 0.226 e. The van der Waals surface area contributed by atoms with Crippen LogP contribution >= 0.6 is 0 Å². The molecule has 0 saturated carbocycles. The highest BCUT2D eigenvalue weighted by atomic mass is 15.2. The Bertz CT molecular complexity index is 957. The van der Waals surface area contributed by atoms with Crippen LogP contribution < -0.4 is 10.6 Å². The second kappa shape index (κ2) is 5.99. The van der Waals surface area contributed by atoms with E-state index in [0.29, 0.717) is 29.8 Å². The zero-order valence-electron chi connectivity index (χ0n) is 13.0. The first-order valence-electron chi connectivity index (χ1n) is 7.56. The molecule has 0 aliphatic carbocycles. The Labute approximate surface area is 137 Å². The van der Waals surface area contributed by atoms with Crippen molar-refractivity contribution in [3.8, 4) is 0 Å². The molecule has 4 N–H and O–H groups in total. The summed E-state index contributed by atoms with van der Waals surface area (Å²) in [7, 11) is 0. The first-order chi connectivity index (χ1) is 11.8. The van der Waals surface area contributed by atoms with Gasteiger partial charge in [0.05, 0.1) is 11.6 Å². The van der Waals surface area contributed by atoms with Crippen LogP contribution in [0.2, 0.25) is 0 Å². The minimum Gasteiger partial charge on any atom is -0.350 e. The van der Waals surface area contributed by atoms with Gasteiger partial charge in [-0.2, -0.15) is 20.2 Å². The van der Waals surface area contributed by atoms with Gasteiger partial charge in [-0.1, -0.05) is 30.3 Å². The number of H-pyrrole nitrogens is 2. The highest BCUT2D eigenvalue weighted by molar-refractivity contribution is 5.88. The standard InChI is InChI=1S/C16H16N8/c1-10-7-13(23-22-10)19-14-12-9-18-24-15(12)21-16(20-14)17-8-11-5-3-2-4-6-11/h2-7,9H,8H2,1H3,(H4,17,18,19,20,21,22,23,24). The Morgan fingerprint density at radius 2 is 1.96 bits per heavy atom. The number of rotatable bonds is 5. The zero-order chi connectivity index (χ0) is 16.4. The second-order valence-corrected chi connectivity index (χ2v) is 5.43. The van der Waals surface area contributed by atoms with Gasteiger partial charge in [-0.3, -0.25) is 10.2 Å². The van der Waals surface area contributed by atoms with Crippen molar-refractivity contribution in [3.05, 3.63) is 53.9 Å². The molecule has 0 unspecified atom stereocenters. The lowest BCUT2D eigenvalue weighted by molar-refractivity contribution is 1.04. The first kappa shape index (κ1) is 14.2. The lowest BCUT2D eigenvalue weighted by atomic mass is 10.2. The van der Waals surface area contributed by atoms with E-state index >= 15 is 0 Å². The molecule has 4 aromatic rings. The van der Waals surface area contributed by atoms with Gasteiger partial charge in [-0.15, -0.1) is 0 Å². The van der Waals surface area contributed by atoms with Crippen molar-refractivity contribution in [1.82, 2.24) is 30.4 Å². The lowest BCUT2D eigenvalue weighted by Gasteiger charge is -2.08. The number of aromatic amines is 2. The van der Waals surface area contributed by atoms with Gasteiger partial charge in [0.1, 0.15) is 5.82 Å². The normalized spacial score (nSPS) is 10.9. The fraction of sp³-hybridized carbons (Fsp3) is 0.125. The van der Waals surface area contributed by atoms with Gasteiger partial charge >= 0.3 is 0 Å². The van der Waals surface area contributed by atoms with E-state index in [2.05, 4.69) is 41.0 Å². The molecular weight excluding hydrogens is 304 g/mol. The molecule has 3 heterocycles. The fourth-order valence-corrected chi connectivity index (χ4v) is 2.39. The average molecular weight is 320 g/mol. The van der Waals surface area contributed by atoms with Crippen LogP contribution in [0, 0.1) is 6.92 Å². The maximum Gasteiger partial charge on any atom is 0.226 e. The molecular formula is C16H16N8. The molecule has 8 nitrogen and oxygen atoms in total. The molecule has 0 bridgehead atoms. The van der Waals surface area contributed by atoms with Gasteiger partial charge < -0.3 is 10.6 Å². The van der Waals surface area contributed by atoms with Gasteiger partial charge in [0.25, 0.3) is 0 Å². The molecule has 3 aromatic heterocycles. The summed E-state index contributed by atoms with van der Waals surface area (Å²) in [5.74, 6) is 1.86. The Morgan fingerprint density at radius 3 is 2.75 bits per heavy atom. The minimum atomic E-state index is 0.519. The van der Waals surface area contributed by atoms with Crippen molar-refractivity contribution in [2.24, 2.45) is 0 Å². The van der Waals surface area contributed by atoms with Crippen molar-refractivity contribution in [2.75, 3.05) is 10.6 Å². The van der Waals surface area contributed by atoms with Crippen LogP contribution in [-0.2, 0) is 6.54 Å². The molecule has 0 aliphatic rings. The molecule has 0 aliphatic heterocycles. The molecule has 0 radical (unpaired) electrons. The number of aryl methyl sites for hydroxylation is 1. The van der Waals surface area contributed by atoms with Crippen molar-refractivity contribution in [1.29, 1.82) is 0 Å². The molecule has 4 rings (SSSR count). The first-order valence-corrected chi connectivity index (χ1v) is 7.56. The molecule has 24 heavy (non-hydrogen) atoms. The van der Waals surface area contributed by atoms with E-state index in [1.807, 2.05) is 43.3 Å². The van der Waals surface area contributed by atoms with E-state index in [1.54, 1.807) is 6.20 Å². The van der Waals surface area contributed by atoms with Crippen LogP contribution in [-0.4, -0.2) is 30.4 Å². The molecule has 0 saturated heterocycles. The second-order valence-electron chi connectivity index (χ2n) is 5.43. The Hall–Kier alpha value is -3.42. The van der Waals surface area contributed by atoms with Gasteiger partial charge in [0.2, 0.25) is 5.95 Å². The third-order valence-corrected chi connectivity index (χ3v) is 3.56. The van der Waals surface area contributed by atoms with Crippen molar-refractivity contribution in [2.45, 2.75) is 13.5 Å². The summed E-state index contributed by atoms with van der Waals surface area (Å²) in [5, 5.41) is 21.2. The summed E-state index contributed by atoms with van der Waals surface area (Å²) in [5.41, 5.74) is 2.79. The number of benzene rings is 1. The summed E-state index contributed by atoms with van der Waals surface area (Å²) in [4.78, 5) is 8.99. The van der Waals surface area contributed by atoms with Crippen LogP contribution in [0.4, 0.5) is 17.6 Å². The van der Waals surface area contributed by atoms with Crippen LogP contribution in [0.3, 0.4) is 0 Å². The van der Waals surface area contributed by atoms with E-state index in [4.69, 9.17) is 0 Å². The summed E-state index contributed by atoms with van der Waals surface area (Å²) in [6.45, 7) is 2.58.